The zero-order valence-corrected chi connectivity index (χ0v) is 10.5. The van der Waals surface area contributed by atoms with Gasteiger partial charge in [0.05, 0.1) is 18.1 Å². The lowest BCUT2D eigenvalue weighted by Gasteiger charge is -2.08. The standard InChI is InChI=1S/C11H13N3O2S/c1-14(2)6-8-3-4-16-10(8)11(15)13-9-5-12-17-7-9/h3-5,7H,6H2,1-2H3,(H,13,15). The Morgan fingerprint density at radius 1 is 1.59 bits per heavy atom. The van der Waals surface area contributed by atoms with Crippen LogP contribution in [0.2, 0.25) is 0 Å². The fourth-order valence-corrected chi connectivity index (χ4v) is 1.92. The van der Waals surface area contributed by atoms with Crippen LogP contribution in [-0.2, 0) is 6.54 Å². The molecule has 5 nitrogen and oxygen atoms in total. The number of hydrogen-bond acceptors (Lipinski definition) is 5. The monoisotopic (exact) mass is 251 g/mol. The van der Waals surface area contributed by atoms with E-state index in [9.17, 15) is 4.79 Å². The Balaban J connectivity index is 2.11. The Morgan fingerprint density at radius 2 is 2.41 bits per heavy atom. The minimum Gasteiger partial charge on any atom is -0.459 e. The average Bonchev–Trinajstić information content (AvgIpc) is 2.87. The summed E-state index contributed by atoms with van der Waals surface area (Å²) < 4.78 is 9.14. The van der Waals surface area contributed by atoms with E-state index in [1.807, 2.05) is 19.0 Å². The van der Waals surface area contributed by atoms with Gasteiger partial charge in [-0.2, -0.15) is 4.37 Å². The highest BCUT2D eigenvalue weighted by atomic mass is 32.1. The van der Waals surface area contributed by atoms with Crippen LogP contribution in [-0.4, -0.2) is 29.3 Å². The van der Waals surface area contributed by atoms with E-state index >= 15 is 0 Å². The van der Waals surface area contributed by atoms with Crippen molar-refractivity contribution in [3.05, 3.63) is 35.2 Å². The van der Waals surface area contributed by atoms with Gasteiger partial charge in [0.1, 0.15) is 0 Å². The SMILES string of the molecule is CN(C)Cc1ccoc1C(=O)Nc1cnsc1. The van der Waals surface area contributed by atoms with Gasteiger partial charge in [0.2, 0.25) is 0 Å². The molecule has 0 radical (unpaired) electrons. The molecular formula is C11H13N3O2S. The molecule has 0 saturated heterocycles. The summed E-state index contributed by atoms with van der Waals surface area (Å²) in [5.41, 5.74) is 1.56. The quantitative estimate of drug-likeness (QED) is 0.903. The molecule has 2 rings (SSSR count). The third-order valence-corrected chi connectivity index (χ3v) is 2.72. The summed E-state index contributed by atoms with van der Waals surface area (Å²) in [6.45, 7) is 0.668. The molecule has 1 N–H and O–H groups in total. The van der Waals surface area contributed by atoms with Crippen molar-refractivity contribution >= 4 is 23.1 Å². The van der Waals surface area contributed by atoms with E-state index in [0.29, 0.717) is 18.0 Å². The lowest BCUT2D eigenvalue weighted by atomic mass is 10.2. The fourth-order valence-electron chi connectivity index (χ4n) is 1.45. The van der Waals surface area contributed by atoms with Crippen molar-refractivity contribution in [2.75, 3.05) is 19.4 Å². The first kappa shape index (κ1) is 11.8. The topological polar surface area (TPSA) is 58.4 Å². The van der Waals surface area contributed by atoms with Gasteiger partial charge in [-0.15, -0.1) is 0 Å². The van der Waals surface area contributed by atoms with Gasteiger partial charge in [-0.25, -0.2) is 0 Å². The zero-order chi connectivity index (χ0) is 12.3. The summed E-state index contributed by atoms with van der Waals surface area (Å²) in [5, 5.41) is 4.50. The third kappa shape index (κ3) is 2.92. The van der Waals surface area contributed by atoms with Gasteiger partial charge in [-0.05, 0) is 31.7 Å². The Kier molecular flexibility index (Phi) is 3.55. The van der Waals surface area contributed by atoms with Gasteiger partial charge in [-0.1, -0.05) is 0 Å². The van der Waals surface area contributed by atoms with Crippen LogP contribution in [0.15, 0.2) is 28.3 Å². The maximum atomic E-state index is 11.9. The smallest absolute Gasteiger partial charge is 0.291 e. The molecule has 1 amide bonds. The summed E-state index contributed by atoms with van der Waals surface area (Å²) in [6, 6.07) is 1.81. The molecule has 2 aromatic rings. The van der Waals surface area contributed by atoms with Crippen molar-refractivity contribution in [2.45, 2.75) is 6.54 Å². The molecule has 0 aliphatic heterocycles. The van der Waals surface area contributed by atoms with E-state index in [0.717, 1.165) is 5.56 Å². The highest BCUT2D eigenvalue weighted by Crippen LogP contribution is 2.15. The van der Waals surface area contributed by atoms with Crippen molar-refractivity contribution in [2.24, 2.45) is 0 Å². The lowest BCUT2D eigenvalue weighted by molar-refractivity contribution is 0.0994. The van der Waals surface area contributed by atoms with Crippen LogP contribution >= 0.6 is 11.5 Å². The van der Waals surface area contributed by atoms with Crippen molar-refractivity contribution in [3.63, 3.8) is 0 Å². The second-order valence-electron chi connectivity index (χ2n) is 3.88. The molecular weight excluding hydrogens is 238 g/mol. The highest BCUT2D eigenvalue weighted by Gasteiger charge is 2.16. The van der Waals surface area contributed by atoms with Gasteiger partial charge in [0, 0.05) is 17.5 Å². The van der Waals surface area contributed by atoms with E-state index < -0.39 is 0 Å². The zero-order valence-electron chi connectivity index (χ0n) is 9.64. The highest BCUT2D eigenvalue weighted by molar-refractivity contribution is 7.04. The van der Waals surface area contributed by atoms with Crippen LogP contribution in [0.5, 0.6) is 0 Å². The van der Waals surface area contributed by atoms with Crippen LogP contribution in [0.3, 0.4) is 0 Å². The number of amides is 1. The Bertz CT molecular complexity index is 491. The molecule has 0 aromatic carbocycles. The number of hydrogen-bond donors (Lipinski definition) is 1. The maximum absolute atomic E-state index is 11.9. The van der Waals surface area contributed by atoms with Crippen molar-refractivity contribution in [1.82, 2.24) is 9.27 Å². The Morgan fingerprint density at radius 3 is 3.06 bits per heavy atom. The Labute approximate surface area is 103 Å². The minimum absolute atomic E-state index is 0.243. The van der Waals surface area contributed by atoms with E-state index in [-0.39, 0.29) is 5.91 Å². The van der Waals surface area contributed by atoms with Crippen LogP contribution in [0.25, 0.3) is 0 Å². The van der Waals surface area contributed by atoms with Gasteiger partial charge in [0.15, 0.2) is 5.76 Å². The summed E-state index contributed by atoms with van der Waals surface area (Å²) >= 11 is 1.29. The summed E-state index contributed by atoms with van der Waals surface area (Å²) in [5.74, 6) is 0.108. The first-order valence-electron chi connectivity index (χ1n) is 5.08. The second-order valence-corrected chi connectivity index (χ2v) is 4.54. The maximum Gasteiger partial charge on any atom is 0.291 e. The lowest BCUT2D eigenvalue weighted by Crippen LogP contribution is -2.16. The van der Waals surface area contributed by atoms with Crippen molar-refractivity contribution < 1.29 is 9.21 Å². The molecule has 0 saturated carbocycles. The molecule has 2 aromatic heterocycles. The molecule has 0 spiro atoms. The van der Waals surface area contributed by atoms with Gasteiger partial charge in [-0.3, -0.25) is 4.79 Å². The number of aromatic nitrogens is 1. The average molecular weight is 251 g/mol. The van der Waals surface area contributed by atoms with Gasteiger partial charge >= 0.3 is 0 Å². The molecule has 0 aliphatic rings. The van der Waals surface area contributed by atoms with Crippen LogP contribution in [0.1, 0.15) is 16.1 Å². The molecule has 90 valence electrons. The normalized spacial score (nSPS) is 10.8. The van der Waals surface area contributed by atoms with E-state index in [2.05, 4.69) is 9.69 Å². The molecule has 6 heteroatoms. The Hall–Kier alpha value is -1.66. The first-order chi connectivity index (χ1) is 8.16. The first-order valence-corrected chi connectivity index (χ1v) is 5.92. The number of nitrogens with one attached hydrogen (secondary N) is 1. The molecule has 0 unspecified atom stereocenters. The summed E-state index contributed by atoms with van der Waals surface area (Å²) in [4.78, 5) is 13.9. The predicted molar refractivity (Wildman–Crippen MR) is 66.2 cm³/mol. The number of rotatable bonds is 4. The van der Waals surface area contributed by atoms with Crippen LogP contribution < -0.4 is 5.32 Å². The number of anilines is 1. The molecule has 17 heavy (non-hydrogen) atoms. The minimum atomic E-state index is -0.243. The van der Waals surface area contributed by atoms with Crippen LogP contribution in [0.4, 0.5) is 5.69 Å². The van der Waals surface area contributed by atoms with Crippen molar-refractivity contribution in [3.8, 4) is 0 Å². The number of carbonyl (C=O) groups is 1. The van der Waals surface area contributed by atoms with Crippen LogP contribution in [0, 0.1) is 0 Å². The van der Waals surface area contributed by atoms with Gasteiger partial charge < -0.3 is 14.6 Å². The molecule has 2 heterocycles. The van der Waals surface area contributed by atoms with E-state index in [4.69, 9.17) is 4.42 Å². The number of furan rings is 1. The third-order valence-electron chi connectivity index (χ3n) is 2.13. The second kappa shape index (κ2) is 5.11. The predicted octanol–water partition coefficient (Wildman–Crippen LogP) is 2.05. The number of carbonyl (C=O) groups excluding carboxylic acids is 1. The number of nitrogens with zero attached hydrogens (tertiary/aromatic N) is 2. The van der Waals surface area contributed by atoms with E-state index in [1.54, 1.807) is 17.6 Å². The fraction of sp³-hybridized carbons (Fsp3) is 0.273. The van der Waals surface area contributed by atoms with E-state index in [1.165, 1.54) is 17.8 Å². The molecule has 0 atom stereocenters. The summed E-state index contributed by atoms with van der Waals surface area (Å²) in [7, 11) is 3.88. The molecule has 0 aliphatic carbocycles. The summed E-state index contributed by atoms with van der Waals surface area (Å²) in [6.07, 6.45) is 3.14. The molecule has 0 fully saturated rings. The largest absolute Gasteiger partial charge is 0.459 e. The van der Waals surface area contributed by atoms with Gasteiger partial charge in [0.25, 0.3) is 5.91 Å². The molecule has 0 bridgehead atoms. The van der Waals surface area contributed by atoms with Crippen molar-refractivity contribution in [1.29, 1.82) is 0 Å².